The average molecular weight is 320 g/mol. The summed E-state index contributed by atoms with van der Waals surface area (Å²) >= 11 is 0. The molecule has 0 aromatic heterocycles. The summed E-state index contributed by atoms with van der Waals surface area (Å²) in [5, 5.41) is 0. The van der Waals surface area contributed by atoms with Crippen LogP contribution < -0.4 is 5.73 Å². The molecule has 0 spiro atoms. The summed E-state index contributed by atoms with van der Waals surface area (Å²) in [7, 11) is -0.889. The number of hydrogen-bond donors (Lipinski definition) is 1. The van der Waals surface area contributed by atoms with Gasteiger partial charge in [-0.1, -0.05) is 0 Å². The van der Waals surface area contributed by atoms with Gasteiger partial charge >= 0.3 is 0 Å². The zero-order chi connectivity index (χ0) is 16.0. The van der Waals surface area contributed by atoms with Crippen LogP contribution in [0.2, 0.25) is 0 Å². The molecule has 21 heavy (non-hydrogen) atoms. The van der Waals surface area contributed by atoms with Gasteiger partial charge in [0.1, 0.15) is 5.82 Å². The number of hydrogen-bond acceptors (Lipinski definition) is 5. The fourth-order valence-electron chi connectivity index (χ4n) is 1.89. The van der Waals surface area contributed by atoms with Gasteiger partial charge in [-0.25, -0.2) is 12.8 Å². The third-order valence-corrected chi connectivity index (χ3v) is 5.00. The third-order valence-electron chi connectivity index (χ3n) is 2.99. The van der Waals surface area contributed by atoms with E-state index in [2.05, 4.69) is 0 Å². The minimum Gasteiger partial charge on any atom is -0.396 e. The second kappa shape index (κ2) is 7.69. The predicted octanol–water partition coefficient (Wildman–Crippen LogP) is 1.08. The van der Waals surface area contributed by atoms with Crippen LogP contribution in [-0.2, 0) is 19.5 Å². The van der Waals surface area contributed by atoms with E-state index in [0.29, 0.717) is 0 Å². The Morgan fingerprint density at radius 2 is 2.00 bits per heavy atom. The van der Waals surface area contributed by atoms with Gasteiger partial charge in [0.05, 0.1) is 23.8 Å². The highest BCUT2D eigenvalue weighted by Crippen LogP contribution is 2.21. The van der Waals surface area contributed by atoms with E-state index in [1.807, 2.05) is 0 Å². The van der Waals surface area contributed by atoms with Crippen molar-refractivity contribution in [2.45, 2.75) is 17.9 Å². The van der Waals surface area contributed by atoms with Crippen LogP contribution in [0.4, 0.5) is 10.1 Å². The van der Waals surface area contributed by atoms with E-state index in [4.69, 9.17) is 15.2 Å². The number of anilines is 1. The fourth-order valence-corrected chi connectivity index (χ4v) is 3.50. The second-order valence-corrected chi connectivity index (χ2v) is 6.49. The number of nitrogens with zero attached hydrogens (tertiary/aromatic N) is 1. The standard InChI is InChI=1S/C13H21FN2O4S/c1-10(9-20-3)16(6-7-19-2)21(17,18)11-4-5-13(15)12(14)8-11/h4-5,8,10H,6-7,9,15H2,1-3H3. The Kier molecular flexibility index (Phi) is 6.53. The molecule has 0 heterocycles. The summed E-state index contributed by atoms with van der Waals surface area (Å²) in [4.78, 5) is -0.145. The van der Waals surface area contributed by atoms with E-state index in [1.54, 1.807) is 6.92 Å². The Morgan fingerprint density at radius 3 is 2.52 bits per heavy atom. The molecule has 1 atom stereocenters. The van der Waals surface area contributed by atoms with Gasteiger partial charge in [-0.2, -0.15) is 4.31 Å². The topological polar surface area (TPSA) is 81.9 Å². The van der Waals surface area contributed by atoms with E-state index >= 15 is 0 Å². The van der Waals surface area contributed by atoms with Crippen LogP contribution in [0, 0.1) is 5.82 Å². The lowest BCUT2D eigenvalue weighted by Gasteiger charge is -2.27. The summed E-state index contributed by atoms with van der Waals surface area (Å²) < 4.78 is 49.9. The number of rotatable bonds is 8. The molecule has 0 fully saturated rings. The zero-order valence-corrected chi connectivity index (χ0v) is 13.2. The zero-order valence-electron chi connectivity index (χ0n) is 12.4. The van der Waals surface area contributed by atoms with Gasteiger partial charge in [0.15, 0.2) is 0 Å². The van der Waals surface area contributed by atoms with Gasteiger partial charge in [-0.15, -0.1) is 0 Å². The molecule has 0 aliphatic heterocycles. The first-order valence-electron chi connectivity index (χ1n) is 6.39. The smallest absolute Gasteiger partial charge is 0.243 e. The number of benzene rings is 1. The van der Waals surface area contributed by atoms with Gasteiger partial charge in [0, 0.05) is 26.8 Å². The van der Waals surface area contributed by atoms with Crippen molar-refractivity contribution in [1.29, 1.82) is 0 Å². The average Bonchev–Trinajstić information content (AvgIpc) is 2.42. The van der Waals surface area contributed by atoms with Crippen molar-refractivity contribution in [1.82, 2.24) is 4.31 Å². The molecule has 0 aliphatic carbocycles. The molecule has 120 valence electrons. The molecule has 6 nitrogen and oxygen atoms in total. The first-order chi connectivity index (χ1) is 9.84. The van der Waals surface area contributed by atoms with Crippen molar-refractivity contribution < 1.29 is 22.3 Å². The van der Waals surface area contributed by atoms with Gasteiger partial charge in [-0.3, -0.25) is 0 Å². The summed E-state index contributed by atoms with van der Waals surface area (Å²) in [6.45, 7) is 2.31. The molecular weight excluding hydrogens is 299 g/mol. The minimum absolute atomic E-state index is 0.0951. The van der Waals surface area contributed by atoms with E-state index in [0.717, 1.165) is 6.07 Å². The van der Waals surface area contributed by atoms with E-state index in [-0.39, 0.29) is 30.3 Å². The van der Waals surface area contributed by atoms with Gasteiger partial charge in [0.25, 0.3) is 0 Å². The summed E-state index contributed by atoms with van der Waals surface area (Å²) in [5.41, 5.74) is 5.28. The molecule has 0 bridgehead atoms. The molecule has 0 amide bonds. The first-order valence-corrected chi connectivity index (χ1v) is 7.83. The Balaban J connectivity index is 3.15. The molecule has 8 heteroatoms. The van der Waals surface area contributed by atoms with Crippen molar-refractivity contribution in [3.8, 4) is 0 Å². The fraction of sp³-hybridized carbons (Fsp3) is 0.538. The monoisotopic (exact) mass is 320 g/mol. The van der Waals surface area contributed by atoms with Crippen molar-refractivity contribution in [2.24, 2.45) is 0 Å². The lowest BCUT2D eigenvalue weighted by Crippen LogP contribution is -2.42. The third kappa shape index (κ3) is 4.37. The lowest BCUT2D eigenvalue weighted by molar-refractivity contribution is 0.119. The minimum atomic E-state index is -3.86. The van der Waals surface area contributed by atoms with E-state index in [1.165, 1.54) is 30.7 Å². The van der Waals surface area contributed by atoms with Crippen LogP contribution in [0.3, 0.4) is 0 Å². The molecule has 2 N–H and O–H groups in total. The molecule has 0 aliphatic rings. The molecular formula is C13H21FN2O4S. The van der Waals surface area contributed by atoms with E-state index < -0.39 is 21.9 Å². The normalized spacial score (nSPS) is 13.6. The van der Waals surface area contributed by atoms with Crippen molar-refractivity contribution in [3.63, 3.8) is 0 Å². The summed E-state index contributed by atoms with van der Waals surface area (Å²) in [6, 6.07) is 3.03. The number of nitrogens with two attached hydrogens (primary N) is 1. The van der Waals surface area contributed by atoms with Gasteiger partial charge < -0.3 is 15.2 Å². The molecule has 1 rings (SSSR count). The van der Waals surface area contributed by atoms with Crippen molar-refractivity contribution in [2.75, 3.05) is 39.7 Å². The Bertz CT molecular complexity index is 565. The van der Waals surface area contributed by atoms with E-state index in [9.17, 15) is 12.8 Å². The number of halogens is 1. The number of nitrogen functional groups attached to an aromatic ring is 1. The Hall–Kier alpha value is -1.22. The largest absolute Gasteiger partial charge is 0.396 e. The maximum atomic E-state index is 13.5. The maximum Gasteiger partial charge on any atom is 0.243 e. The Morgan fingerprint density at radius 1 is 1.33 bits per heavy atom. The van der Waals surface area contributed by atoms with Gasteiger partial charge in [0.2, 0.25) is 10.0 Å². The predicted molar refractivity (Wildman–Crippen MR) is 77.9 cm³/mol. The van der Waals surface area contributed by atoms with Crippen LogP contribution in [0.15, 0.2) is 23.1 Å². The van der Waals surface area contributed by atoms with Crippen molar-refractivity contribution >= 4 is 15.7 Å². The highest BCUT2D eigenvalue weighted by molar-refractivity contribution is 7.89. The highest BCUT2D eigenvalue weighted by atomic mass is 32.2. The second-order valence-electron chi connectivity index (χ2n) is 4.60. The quantitative estimate of drug-likeness (QED) is 0.725. The number of ether oxygens (including phenoxy) is 2. The number of sulfonamides is 1. The SMILES string of the molecule is COCCN(C(C)COC)S(=O)(=O)c1ccc(N)c(F)c1. The number of methoxy groups -OCH3 is 2. The summed E-state index contributed by atoms with van der Waals surface area (Å²) in [6.07, 6.45) is 0. The molecule has 1 aromatic carbocycles. The lowest BCUT2D eigenvalue weighted by atomic mass is 10.3. The molecule has 1 unspecified atom stereocenters. The van der Waals surface area contributed by atoms with Gasteiger partial charge in [-0.05, 0) is 25.1 Å². The Labute approximate surface area is 124 Å². The maximum absolute atomic E-state index is 13.5. The highest BCUT2D eigenvalue weighted by Gasteiger charge is 2.29. The molecule has 1 aromatic rings. The van der Waals surface area contributed by atoms with Crippen LogP contribution in [0.5, 0.6) is 0 Å². The van der Waals surface area contributed by atoms with Crippen LogP contribution in [0.1, 0.15) is 6.92 Å². The molecule has 0 radical (unpaired) electrons. The molecule has 0 saturated heterocycles. The molecule has 0 saturated carbocycles. The van der Waals surface area contributed by atoms with Crippen LogP contribution >= 0.6 is 0 Å². The van der Waals surface area contributed by atoms with Crippen LogP contribution in [-0.4, -0.2) is 52.7 Å². The van der Waals surface area contributed by atoms with Crippen LogP contribution in [0.25, 0.3) is 0 Å². The summed E-state index contributed by atoms with van der Waals surface area (Å²) in [5.74, 6) is -0.762. The first kappa shape index (κ1) is 17.8. The van der Waals surface area contributed by atoms with Crippen molar-refractivity contribution in [3.05, 3.63) is 24.0 Å².